The third-order valence-electron chi connectivity index (χ3n) is 11.0. The van der Waals surface area contributed by atoms with Gasteiger partial charge in [0, 0.05) is 51.9 Å². The first-order valence-electron chi connectivity index (χ1n) is 19.0. The van der Waals surface area contributed by atoms with E-state index in [-0.39, 0.29) is 36.6 Å². The average Bonchev–Trinajstić information content (AvgIpc) is 3.90. The molecule has 3 aliphatic heterocycles. The van der Waals surface area contributed by atoms with Gasteiger partial charge in [0.1, 0.15) is 45.8 Å². The number of nitrogens with one attached hydrogen (secondary N) is 1. The topological polar surface area (TPSA) is 169 Å². The Labute approximate surface area is 352 Å². The van der Waals surface area contributed by atoms with Gasteiger partial charge in [-0.1, -0.05) is 59.2 Å². The second-order valence-corrected chi connectivity index (χ2v) is 17.9. The summed E-state index contributed by atoms with van der Waals surface area (Å²) in [6, 6.07) is 8.23. The molecule has 316 valence electrons. The van der Waals surface area contributed by atoms with Gasteiger partial charge in [-0.05, 0) is 74.2 Å². The maximum atomic E-state index is 14.2. The zero-order valence-electron chi connectivity index (χ0n) is 34.1. The molecule has 3 amide bonds. The standard InChI is InChI=1S/C41H53ClN4O10S2/c1-24-13-9-10-14-31(53-8)41(51)23-30(54-39(50)44-41)25(2)37-40(4,56-37)32(22-35(48)46(6)28-20-27(19-24)21-29(52-7)36(28)42)55-38(49)26(3)45(5)34(47)16-18-57-58-33-15-11-12-17-43-33/h9-13,15,17,20-21,25-26,30-32,37,51H,14,16,18-19,22-23H2,1-8H3,(H,44,50)/b10-9+,24-13+/t25-,26+,30+,31-,32+,37+,40+,41+/m1/s1. The molecule has 2 aromatic rings. The van der Waals surface area contributed by atoms with Crippen LogP contribution in [0.3, 0.4) is 0 Å². The molecule has 3 aliphatic rings. The molecule has 2 N–H and O–H groups in total. The largest absolute Gasteiger partial charge is 0.495 e. The number of fused-ring (bicyclic) bond motifs is 5. The number of benzene rings is 1. The molecule has 1 aromatic carbocycles. The maximum absolute atomic E-state index is 14.2. The van der Waals surface area contributed by atoms with E-state index in [0.717, 1.165) is 16.2 Å². The van der Waals surface area contributed by atoms with Crippen LogP contribution in [-0.4, -0.2) is 115 Å². The van der Waals surface area contributed by atoms with E-state index < -0.39 is 65.7 Å². The van der Waals surface area contributed by atoms with Crippen LogP contribution in [0.25, 0.3) is 0 Å². The van der Waals surface area contributed by atoms with Gasteiger partial charge in [-0.2, -0.15) is 0 Å². The van der Waals surface area contributed by atoms with Crippen molar-refractivity contribution in [2.75, 3.05) is 39.0 Å². The number of aromatic nitrogens is 1. The highest BCUT2D eigenvalue weighted by Crippen LogP contribution is 2.49. The van der Waals surface area contributed by atoms with E-state index in [2.05, 4.69) is 10.3 Å². The molecule has 8 atom stereocenters. The van der Waals surface area contributed by atoms with Crippen LogP contribution >= 0.6 is 33.2 Å². The predicted molar refractivity (Wildman–Crippen MR) is 223 cm³/mol. The Kier molecular flexibility index (Phi) is 15.2. The number of amides is 3. The summed E-state index contributed by atoms with van der Waals surface area (Å²) in [5, 5.41) is 15.4. The Balaban J connectivity index is 1.42. The molecular weight excluding hydrogens is 808 g/mol. The SMILES string of the molecule is COc1cc2cc(c1Cl)N(C)C(=O)C[C@H](OC(=O)[C@H](C)N(C)C(=O)CCSSc1ccccn1)[C@]1(C)O[C@H]1[C@H](C)[C@@H]1C[C@@](O)(NC(=O)O1)[C@H](OC)C/C=C/C=C(\C)C2. The summed E-state index contributed by atoms with van der Waals surface area (Å²) in [4.78, 5) is 61.2. The lowest BCUT2D eigenvalue weighted by Crippen LogP contribution is -2.64. The normalized spacial score (nSPS) is 29.7. The molecule has 14 nitrogen and oxygen atoms in total. The zero-order valence-corrected chi connectivity index (χ0v) is 36.4. The molecule has 0 saturated carbocycles. The Morgan fingerprint density at radius 1 is 1.22 bits per heavy atom. The summed E-state index contributed by atoms with van der Waals surface area (Å²) in [7, 11) is 9.02. The Morgan fingerprint density at radius 3 is 2.67 bits per heavy atom. The molecule has 0 radical (unpaired) electrons. The molecule has 4 bridgehead atoms. The summed E-state index contributed by atoms with van der Waals surface area (Å²) in [6.07, 6.45) is 3.65. The molecule has 58 heavy (non-hydrogen) atoms. The van der Waals surface area contributed by atoms with Crippen LogP contribution in [0.1, 0.15) is 58.9 Å². The van der Waals surface area contributed by atoms with Crippen molar-refractivity contribution >= 4 is 62.8 Å². The van der Waals surface area contributed by atoms with Gasteiger partial charge < -0.3 is 38.6 Å². The maximum Gasteiger partial charge on any atom is 0.409 e. The Morgan fingerprint density at radius 2 is 1.98 bits per heavy atom. The van der Waals surface area contributed by atoms with Gasteiger partial charge in [0.15, 0.2) is 5.72 Å². The van der Waals surface area contributed by atoms with Crippen LogP contribution in [0, 0.1) is 5.92 Å². The van der Waals surface area contributed by atoms with Gasteiger partial charge in [0.2, 0.25) is 11.8 Å². The van der Waals surface area contributed by atoms with Gasteiger partial charge in [0.05, 0.1) is 25.3 Å². The molecule has 2 saturated heterocycles. The van der Waals surface area contributed by atoms with E-state index in [4.69, 9.17) is 35.3 Å². The average molecular weight is 861 g/mol. The number of halogens is 1. The summed E-state index contributed by atoms with van der Waals surface area (Å²) in [6.45, 7) is 7.06. The Bertz CT molecular complexity index is 1890. The fraction of sp³-hybridized carbons (Fsp3) is 0.537. The van der Waals surface area contributed by atoms with Crippen molar-refractivity contribution in [1.29, 1.82) is 0 Å². The molecule has 4 heterocycles. The van der Waals surface area contributed by atoms with E-state index in [1.54, 1.807) is 27.1 Å². The van der Waals surface area contributed by atoms with Crippen molar-refractivity contribution in [3.05, 3.63) is 70.9 Å². The number of carbonyl (C=O) groups excluding carboxylic acids is 4. The van der Waals surface area contributed by atoms with E-state index in [9.17, 15) is 24.3 Å². The third kappa shape index (κ3) is 10.7. The number of rotatable bonds is 10. The minimum Gasteiger partial charge on any atom is -0.495 e. The molecule has 5 rings (SSSR count). The fourth-order valence-corrected chi connectivity index (χ4v) is 9.38. The Hall–Kier alpha value is -3.80. The molecule has 0 spiro atoms. The lowest BCUT2D eigenvalue weighted by Gasteiger charge is -2.42. The first-order chi connectivity index (χ1) is 27.5. The lowest BCUT2D eigenvalue weighted by molar-refractivity contribution is -0.162. The number of anilines is 1. The number of hydrogen-bond donors (Lipinski definition) is 2. The van der Waals surface area contributed by atoms with Crippen LogP contribution in [0.5, 0.6) is 5.75 Å². The summed E-state index contributed by atoms with van der Waals surface area (Å²) in [5.41, 5.74) is -0.791. The summed E-state index contributed by atoms with van der Waals surface area (Å²) < 4.78 is 29.4. The number of aliphatic hydroxyl groups is 1. The minimum atomic E-state index is -1.78. The lowest BCUT2D eigenvalue weighted by atomic mass is 9.83. The number of nitrogens with zero attached hydrogens (tertiary/aromatic N) is 3. The highest BCUT2D eigenvalue weighted by atomic mass is 35.5. The van der Waals surface area contributed by atoms with Gasteiger partial charge >= 0.3 is 12.1 Å². The second kappa shape index (κ2) is 19.5. The van der Waals surface area contributed by atoms with Crippen LogP contribution < -0.4 is 15.0 Å². The number of carbonyl (C=O) groups is 4. The smallest absolute Gasteiger partial charge is 0.409 e. The van der Waals surface area contributed by atoms with Crippen LogP contribution in [0.15, 0.2) is 65.4 Å². The molecular formula is C41H53ClN4O10S2. The predicted octanol–water partition coefficient (Wildman–Crippen LogP) is 6.13. The van der Waals surface area contributed by atoms with E-state index in [1.165, 1.54) is 52.7 Å². The van der Waals surface area contributed by atoms with Crippen molar-refractivity contribution in [2.45, 2.75) is 107 Å². The van der Waals surface area contributed by atoms with Crippen molar-refractivity contribution in [3.63, 3.8) is 0 Å². The molecule has 17 heteroatoms. The molecule has 1 aromatic heterocycles. The van der Waals surface area contributed by atoms with Gasteiger partial charge in [-0.15, -0.1) is 0 Å². The van der Waals surface area contributed by atoms with E-state index in [1.807, 2.05) is 62.4 Å². The molecule has 0 aliphatic carbocycles. The molecule has 0 unspecified atom stereocenters. The van der Waals surface area contributed by atoms with Crippen molar-refractivity contribution in [1.82, 2.24) is 15.2 Å². The number of ether oxygens (including phenoxy) is 5. The van der Waals surface area contributed by atoms with Gasteiger partial charge in [-0.25, -0.2) is 14.6 Å². The minimum absolute atomic E-state index is 0.0270. The monoisotopic (exact) mass is 860 g/mol. The van der Waals surface area contributed by atoms with E-state index in [0.29, 0.717) is 23.6 Å². The summed E-state index contributed by atoms with van der Waals surface area (Å²) >= 11 is 6.79. The third-order valence-corrected chi connectivity index (χ3v) is 13.6. The second-order valence-electron chi connectivity index (χ2n) is 15.1. The summed E-state index contributed by atoms with van der Waals surface area (Å²) in [5.74, 6) is -1.08. The van der Waals surface area contributed by atoms with Crippen molar-refractivity contribution in [3.8, 4) is 5.75 Å². The van der Waals surface area contributed by atoms with Gasteiger partial charge in [-0.3, -0.25) is 14.9 Å². The number of epoxide rings is 1. The number of pyridine rings is 1. The number of methoxy groups -OCH3 is 2. The number of likely N-dealkylation sites (N-methyl/N-ethyl adjacent to an activating group) is 1. The number of esters is 1. The quantitative estimate of drug-likeness (QED) is 0.121. The van der Waals surface area contributed by atoms with Gasteiger partial charge in [0.25, 0.3) is 0 Å². The number of allylic oxidation sites excluding steroid dienone is 3. The fourth-order valence-electron chi connectivity index (χ4n) is 7.21. The molecule has 2 fully saturated rings. The van der Waals surface area contributed by atoms with Crippen molar-refractivity contribution in [2.24, 2.45) is 5.92 Å². The van der Waals surface area contributed by atoms with Crippen LogP contribution in [0.2, 0.25) is 5.02 Å². The highest BCUT2D eigenvalue weighted by molar-refractivity contribution is 8.76. The first-order valence-corrected chi connectivity index (χ1v) is 21.7. The first kappa shape index (κ1) is 45.3. The van der Waals surface area contributed by atoms with E-state index >= 15 is 0 Å². The van der Waals surface area contributed by atoms with Crippen molar-refractivity contribution < 1.29 is 48.0 Å². The highest BCUT2D eigenvalue weighted by Gasteiger charge is 2.64. The van der Waals surface area contributed by atoms with Crippen LogP contribution in [-0.2, 0) is 39.8 Å². The number of hydrogen-bond acceptors (Lipinski definition) is 13. The van der Waals surface area contributed by atoms with Crippen LogP contribution in [0.4, 0.5) is 10.5 Å². The zero-order chi connectivity index (χ0) is 42.4. The number of alkyl carbamates (subject to hydrolysis) is 1.